The normalized spacial score (nSPS) is 14.1. The predicted octanol–water partition coefficient (Wildman–Crippen LogP) is 2.14. The first-order chi connectivity index (χ1) is 7.04. The Hall–Kier alpha value is -1.60. The molecule has 0 aliphatic heterocycles. The van der Waals surface area contributed by atoms with Gasteiger partial charge in [0.2, 0.25) is 0 Å². The molecule has 0 spiro atoms. The molecular weight excluding hydrogens is 195 g/mol. The second-order valence-electron chi connectivity index (χ2n) is 3.36. The van der Waals surface area contributed by atoms with Crippen LogP contribution in [-0.4, -0.2) is 6.10 Å². The maximum absolute atomic E-state index is 13.0. The van der Waals surface area contributed by atoms with Crippen LogP contribution >= 0.6 is 0 Å². The van der Waals surface area contributed by atoms with Gasteiger partial charge in [-0.15, -0.1) is 0 Å². The number of hydrogen-bond acceptors (Lipinski definition) is 3. The van der Waals surface area contributed by atoms with Crippen LogP contribution in [0.5, 0.6) is 5.75 Å². The summed E-state index contributed by atoms with van der Waals surface area (Å²) in [6.45, 7) is 3.35. The predicted molar refractivity (Wildman–Crippen MR) is 54.7 cm³/mol. The molecule has 80 valence electrons. The van der Waals surface area contributed by atoms with E-state index in [1.54, 1.807) is 13.8 Å². The van der Waals surface area contributed by atoms with Crippen molar-refractivity contribution in [2.75, 3.05) is 0 Å². The lowest BCUT2D eigenvalue weighted by molar-refractivity contribution is 0.272. The molecule has 0 aromatic heterocycles. The summed E-state index contributed by atoms with van der Waals surface area (Å²) in [7, 11) is 0. The molecule has 1 aromatic carbocycles. The summed E-state index contributed by atoms with van der Waals surface area (Å²) >= 11 is 0. The Labute approximate surface area is 88.3 Å². The summed E-state index contributed by atoms with van der Waals surface area (Å²) in [5, 5.41) is 8.60. The third-order valence-electron chi connectivity index (χ3n) is 1.95. The molecule has 3 nitrogen and oxygen atoms in total. The Morgan fingerprint density at radius 3 is 2.67 bits per heavy atom. The highest BCUT2D eigenvalue weighted by Crippen LogP contribution is 2.25. The van der Waals surface area contributed by atoms with E-state index in [0.717, 1.165) is 0 Å². The molecule has 0 radical (unpaired) electrons. The molecule has 0 saturated carbocycles. The van der Waals surface area contributed by atoms with E-state index in [4.69, 9.17) is 15.7 Å². The molecule has 0 bridgehead atoms. The summed E-state index contributed by atoms with van der Waals surface area (Å²) in [4.78, 5) is 0. The average molecular weight is 208 g/mol. The largest absolute Gasteiger partial charge is 0.476 e. The number of ether oxygens (including phenoxy) is 1. The van der Waals surface area contributed by atoms with Crippen LogP contribution in [-0.2, 0) is 0 Å². The van der Waals surface area contributed by atoms with E-state index in [-0.39, 0.29) is 11.9 Å². The molecule has 2 atom stereocenters. The number of benzene rings is 1. The number of halogens is 1. The van der Waals surface area contributed by atoms with Crippen LogP contribution < -0.4 is 10.5 Å². The van der Waals surface area contributed by atoms with Crippen LogP contribution in [0.4, 0.5) is 4.39 Å². The Morgan fingerprint density at radius 2 is 2.13 bits per heavy atom. The van der Waals surface area contributed by atoms with Crippen LogP contribution in [0.2, 0.25) is 0 Å². The standard InChI is InChI=1S/C11H13FN2O/c1-7(6-13)15-11-4-3-9(12)5-10(11)8(2)14/h3-5,7-8H,14H2,1-2H3/t7?,8-/m1/s1. The SMILES string of the molecule is CC(C#N)Oc1ccc(F)cc1[C@@H](C)N. The fraction of sp³-hybridized carbons (Fsp3) is 0.364. The van der Waals surface area contributed by atoms with Crippen LogP contribution in [0.15, 0.2) is 18.2 Å². The van der Waals surface area contributed by atoms with Crippen molar-refractivity contribution in [2.45, 2.75) is 26.0 Å². The molecule has 0 fully saturated rings. The number of hydrogen-bond donors (Lipinski definition) is 1. The molecule has 1 rings (SSSR count). The third kappa shape index (κ3) is 2.93. The van der Waals surface area contributed by atoms with Crippen molar-refractivity contribution in [3.8, 4) is 11.8 Å². The van der Waals surface area contributed by atoms with Crippen molar-refractivity contribution >= 4 is 0 Å². The first kappa shape index (κ1) is 11.5. The first-order valence-electron chi connectivity index (χ1n) is 4.66. The Kier molecular flexibility index (Phi) is 3.64. The fourth-order valence-electron chi connectivity index (χ4n) is 1.20. The minimum Gasteiger partial charge on any atom is -0.476 e. The maximum atomic E-state index is 13.0. The first-order valence-corrected chi connectivity index (χ1v) is 4.66. The van der Waals surface area contributed by atoms with Gasteiger partial charge in [-0.3, -0.25) is 0 Å². The van der Waals surface area contributed by atoms with Gasteiger partial charge in [-0.25, -0.2) is 4.39 Å². The van der Waals surface area contributed by atoms with Crippen LogP contribution in [0, 0.1) is 17.1 Å². The Bertz CT molecular complexity index is 385. The van der Waals surface area contributed by atoms with E-state index in [2.05, 4.69) is 0 Å². The average Bonchev–Trinajstić information content (AvgIpc) is 2.20. The molecule has 0 saturated heterocycles. The van der Waals surface area contributed by atoms with Crippen molar-refractivity contribution in [3.05, 3.63) is 29.6 Å². The van der Waals surface area contributed by atoms with E-state index >= 15 is 0 Å². The molecule has 4 heteroatoms. The van der Waals surface area contributed by atoms with Gasteiger partial charge in [-0.05, 0) is 32.0 Å². The molecule has 0 amide bonds. The minimum atomic E-state index is -0.576. The van der Waals surface area contributed by atoms with Gasteiger partial charge in [0.15, 0.2) is 6.10 Å². The zero-order valence-electron chi connectivity index (χ0n) is 8.70. The van der Waals surface area contributed by atoms with Crippen molar-refractivity contribution in [2.24, 2.45) is 5.73 Å². The van der Waals surface area contributed by atoms with Crippen molar-refractivity contribution in [3.63, 3.8) is 0 Å². The topological polar surface area (TPSA) is 59.0 Å². The molecular formula is C11H13FN2O. The van der Waals surface area contributed by atoms with Crippen LogP contribution in [0.25, 0.3) is 0 Å². The Balaban J connectivity index is 3.02. The van der Waals surface area contributed by atoms with Gasteiger partial charge in [-0.2, -0.15) is 5.26 Å². The lowest BCUT2D eigenvalue weighted by Gasteiger charge is -2.15. The minimum absolute atomic E-state index is 0.332. The smallest absolute Gasteiger partial charge is 0.181 e. The van der Waals surface area contributed by atoms with Gasteiger partial charge >= 0.3 is 0 Å². The fourth-order valence-corrected chi connectivity index (χ4v) is 1.20. The maximum Gasteiger partial charge on any atom is 0.181 e. The highest BCUT2D eigenvalue weighted by molar-refractivity contribution is 5.36. The van der Waals surface area contributed by atoms with E-state index in [1.807, 2.05) is 6.07 Å². The number of nitriles is 1. The van der Waals surface area contributed by atoms with Crippen LogP contribution in [0.3, 0.4) is 0 Å². The van der Waals surface area contributed by atoms with Crippen LogP contribution in [0.1, 0.15) is 25.5 Å². The molecule has 0 heterocycles. The summed E-state index contributed by atoms with van der Waals surface area (Å²) < 4.78 is 18.3. The summed E-state index contributed by atoms with van der Waals surface area (Å²) in [5.74, 6) is 0.0970. The van der Waals surface area contributed by atoms with Gasteiger partial charge in [0.05, 0.1) is 0 Å². The quantitative estimate of drug-likeness (QED) is 0.827. The lowest BCUT2D eigenvalue weighted by Crippen LogP contribution is -2.13. The van der Waals surface area contributed by atoms with E-state index in [0.29, 0.717) is 11.3 Å². The zero-order valence-corrected chi connectivity index (χ0v) is 8.70. The molecule has 0 aliphatic carbocycles. The molecule has 1 aromatic rings. The van der Waals surface area contributed by atoms with Crippen molar-refractivity contribution < 1.29 is 9.13 Å². The summed E-state index contributed by atoms with van der Waals surface area (Å²) in [6.07, 6.45) is -0.576. The van der Waals surface area contributed by atoms with E-state index in [9.17, 15) is 4.39 Å². The number of nitrogens with two attached hydrogens (primary N) is 1. The summed E-state index contributed by atoms with van der Waals surface area (Å²) in [5.41, 5.74) is 6.24. The zero-order chi connectivity index (χ0) is 11.4. The molecule has 1 unspecified atom stereocenters. The second kappa shape index (κ2) is 4.76. The van der Waals surface area contributed by atoms with Gasteiger partial charge in [-0.1, -0.05) is 0 Å². The van der Waals surface area contributed by atoms with E-state index < -0.39 is 6.10 Å². The second-order valence-corrected chi connectivity index (χ2v) is 3.36. The van der Waals surface area contributed by atoms with Gasteiger partial charge < -0.3 is 10.5 Å². The monoisotopic (exact) mass is 208 g/mol. The molecule has 15 heavy (non-hydrogen) atoms. The lowest BCUT2D eigenvalue weighted by atomic mass is 10.1. The highest BCUT2D eigenvalue weighted by Gasteiger charge is 2.11. The van der Waals surface area contributed by atoms with Crippen molar-refractivity contribution in [1.29, 1.82) is 5.26 Å². The molecule has 0 aliphatic rings. The highest BCUT2D eigenvalue weighted by atomic mass is 19.1. The third-order valence-corrected chi connectivity index (χ3v) is 1.95. The number of rotatable bonds is 3. The summed E-state index contributed by atoms with van der Waals surface area (Å²) in [6, 6.07) is 5.70. The van der Waals surface area contributed by atoms with Crippen molar-refractivity contribution in [1.82, 2.24) is 0 Å². The Morgan fingerprint density at radius 1 is 1.47 bits per heavy atom. The van der Waals surface area contributed by atoms with Gasteiger partial charge in [0.1, 0.15) is 17.6 Å². The van der Waals surface area contributed by atoms with Gasteiger partial charge in [0.25, 0.3) is 0 Å². The number of nitrogens with zero attached hydrogens (tertiary/aromatic N) is 1. The van der Waals surface area contributed by atoms with E-state index in [1.165, 1.54) is 18.2 Å². The molecule has 2 N–H and O–H groups in total. The van der Waals surface area contributed by atoms with Gasteiger partial charge in [0, 0.05) is 11.6 Å².